The smallest absolute Gasteiger partial charge is 0.0354 e. The first kappa shape index (κ1) is 16.0. The molecule has 0 spiro atoms. The standard InChI is InChI=1S/C16H33/c1-5-7-9-10-11-13-15-16(3,4)14-12-8-6-2/h2,5-15H2,1,3-4H3. The normalized spacial score (nSPS) is 12.0. The van der Waals surface area contributed by atoms with Crippen LogP contribution in [0.15, 0.2) is 0 Å². The summed E-state index contributed by atoms with van der Waals surface area (Å²) in [7, 11) is 0. The summed E-state index contributed by atoms with van der Waals surface area (Å²) in [6.45, 7) is 11.1. The van der Waals surface area contributed by atoms with Crippen molar-refractivity contribution in [1.82, 2.24) is 0 Å². The summed E-state index contributed by atoms with van der Waals surface area (Å²) < 4.78 is 0. The minimum Gasteiger partial charge on any atom is -0.0654 e. The van der Waals surface area contributed by atoms with E-state index in [2.05, 4.69) is 27.7 Å². The summed E-state index contributed by atoms with van der Waals surface area (Å²) in [4.78, 5) is 0. The molecule has 0 unspecified atom stereocenters. The van der Waals surface area contributed by atoms with Crippen molar-refractivity contribution >= 4 is 0 Å². The summed E-state index contributed by atoms with van der Waals surface area (Å²) in [6.07, 6.45) is 15.1. The Balaban J connectivity index is 3.35. The van der Waals surface area contributed by atoms with Gasteiger partial charge in [0.1, 0.15) is 0 Å². The van der Waals surface area contributed by atoms with Gasteiger partial charge < -0.3 is 0 Å². The van der Waals surface area contributed by atoms with Crippen molar-refractivity contribution in [3.63, 3.8) is 0 Å². The molecule has 0 saturated heterocycles. The monoisotopic (exact) mass is 225 g/mol. The zero-order valence-electron chi connectivity index (χ0n) is 12.0. The highest BCUT2D eigenvalue weighted by Gasteiger charge is 2.16. The molecule has 0 saturated carbocycles. The summed E-state index contributed by atoms with van der Waals surface area (Å²) in [5, 5.41) is 0. The van der Waals surface area contributed by atoms with Crippen LogP contribution in [-0.4, -0.2) is 0 Å². The molecule has 0 aromatic carbocycles. The molecule has 0 heteroatoms. The maximum absolute atomic E-state index is 3.91. The van der Waals surface area contributed by atoms with Gasteiger partial charge in [0, 0.05) is 0 Å². The minimum atomic E-state index is 0.569. The Morgan fingerprint density at radius 2 is 1.25 bits per heavy atom. The first-order chi connectivity index (χ1) is 7.62. The van der Waals surface area contributed by atoms with E-state index in [1.54, 1.807) is 0 Å². The molecule has 0 aromatic rings. The number of unbranched alkanes of at least 4 members (excludes halogenated alkanes) is 7. The average molecular weight is 225 g/mol. The third-order valence-corrected chi connectivity index (χ3v) is 3.56. The second kappa shape index (κ2) is 10.2. The Morgan fingerprint density at radius 3 is 1.81 bits per heavy atom. The maximum Gasteiger partial charge on any atom is -0.0354 e. The lowest BCUT2D eigenvalue weighted by Crippen LogP contribution is -2.10. The van der Waals surface area contributed by atoms with Crippen molar-refractivity contribution in [2.24, 2.45) is 5.41 Å². The Morgan fingerprint density at radius 1 is 0.750 bits per heavy atom. The maximum atomic E-state index is 3.91. The van der Waals surface area contributed by atoms with E-state index in [0.29, 0.717) is 5.41 Å². The highest BCUT2D eigenvalue weighted by molar-refractivity contribution is 4.68. The lowest BCUT2D eigenvalue weighted by molar-refractivity contribution is 0.284. The van der Waals surface area contributed by atoms with E-state index in [9.17, 15) is 0 Å². The highest BCUT2D eigenvalue weighted by atomic mass is 14.2. The van der Waals surface area contributed by atoms with Crippen LogP contribution in [0.1, 0.15) is 91.4 Å². The molecule has 1 radical (unpaired) electrons. The zero-order chi connectivity index (χ0) is 12.3. The van der Waals surface area contributed by atoms with E-state index in [4.69, 9.17) is 0 Å². The van der Waals surface area contributed by atoms with E-state index in [-0.39, 0.29) is 0 Å². The fourth-order valence-electron chi connectivity index (χ4n) is 2.29. The van der Waals surface area contributed by atoms with Gasteiger partial charge in [-0.1, -0.05) is 85.5 Å². The molecule has 0 bridgehead atoms. The Labute approximate surface area is 104 Å². The number of rotatable bonds is 11. The van der Waals surface area contributed by atoms with Gasteiger partial charge in [-0.3, -0.25) is 0 Å². The van der Waals surface area contributed by atoms with E-state index >= 15 is 0 Å². The first-order valence-corrected chi connectivity index (χ1v) is 7.41. The number of hydrogen-bond donors (Lipinski definition) is 0. The minimum absolute atomic E-state index is 0.569. The summed E-state index contributed by atoms with van der Waals surface area (Å²) in [5.41, 5.74) is 0.569. The Hall–Kier alpha value is 0. The molecule has 0 rings (SSSR count). The SMILES string of the molecule is [CH2]CCCCC(C)(C)CCCCCCCC. The van der Waals surface area contributed by atoms with Crippen LogP contribution in [0.3, 0.4) is 0 Å². The summed E-state index contributed by atoms with van der Waals surface area (Å²) in [5.74, 6) is 0. The molecule has 0 N–H and O–H groups in total. The van der Waals surface area contributed by atoms with Crippen molar-refractivity contribution in [3.05, 3.63) is 6.92 Å². The van der Waals surface area contributed by atoms with Crippen LogP contribution in [0.4, 0.5) is 0 Å². The molecule has 0 aliphatic heterocycles. The van der Waals surface area contributed by atoms with Gasteiger partial charge in [-0.15, -0.1) is 0 Å². The summed E-state index contributed by atoms with van der Waals surface area (Å²) >= 11 is 0. The van der Waals surface area contributed by atoms with Crippen molar-refractivity contribution in [3.8, 4) is 0 Å². The largest absolute Gasteiger partial charge is 0.0654 e. The molecular formula is C16H33. The highest BCUT2D eigenvalue weighted by Crippen LogP contribution is 2.30. The van der Waals surface area contributed by atoms with E-state index in [1.807, 2.05) is 0 Å². The molecule has 0 aliphatic rings. The van der Waals surface area contributed by atoms with Gasteiger partial charge in [0.15, 0.2) is 0 Å². The van der Waals surface area contributed by atoms with Crippen molar-refractivity contribution in [2.45, 2.75) is 91.4 Å². The molecule has 0 heterocycles. The van der Waals surface area contributed by atoms with E-state index in [1.165, 1.54) is 64.2 Å². The molecule has 0 amide bonds. The third-order valence-electron chi connectivity index (χ3n) is 3.56. The first-order valence-electron chi connectivity index (χ1n) is 7.41. The predicted molar refractivity (Wildman–Crippen MR) is 75.6 cm³/mol. The van der Waals surface area contributed by atoms with E-state index < -0.39 is 0 Å². The van der Waals surface area contributed by atoms with Crippen LogP contribution in [0.25, 0.3) is 0 Å². The fraction of sp³-hybridized carbons (Fsp3) is 0.938. The third kappa shape index (κ3) is 10.5. The van der Waals surface area contributed by atoms with Gasteiger partial charge in [0.05, 0.1) is 0 Å². The van der Waals surface area contributed by atoms with Gasteiger partial charge in [-0.2, -0.15) is 0 Å². The van der Waals surface area contributed by atoms with Gasteiger partial charge >= 0.3 is 0 Å². The molecule has 0 aliphatic carbocycles. The van der Waals surface area contributed by atoms with Gasteiger partial charge in [-0.25, -0.2) is 0 Å². The predicted octanol–water partition coefficient (Wildman–Crippen LogP) is 6.16. The van der Waals surface area contributed by atoms with Crippen LogP contribution in [0.2, 0.25) is 0 Å². The van der Waals surface area contributed by atoms with Gasteiger partial charge in [0.2, 0.25) is 0 Å². The van der Waals surface area contributed by atoms with Crippen LogP contribution in [0, 0.1) is 12.3 Å². The lowest BCUT2D eigenvalue weighted by Gasteiger charge is -2.24. The quantitative estimate of drug-likeness (QED) is 0.369. The van der Waals surface area contributed by atoms with Crippen LogP contribution >= 0.6 is 0 Å². The molecule has 0 fully saturated rings. The second-order valence-corrected chi connectivity index (χ2v) is 5.99. The Kier molecular flexibility index (Phi) is 10.2. The Bertz CT molecular complexity index is 135. The van der Waals surface area contributed by atoms with E-state index in [0.717, 1.165) is 6.42 Å². The van der Waals surface area contributed by atoms with Crippen molar-refractivity contribution < 1.29 is 0 Å². The summed E-state index contributed by atoms with van der Waals surface area (Å²) in [6, 6.07) is 0. The molecule has 16 heavy (non-hydrogen) atoms. The topological polar surface area (TPSA) is 0 Å². The van der Waals surface area contributed by atoms with Crippen LogP contribution < -0.4 is 0 Å². The van der Waals surface area contributed by atoms with Gasteiger partial charge in [0.25, 0.3) is 0 Å². The zero-order valence-corrected chi connectivity index (χ0v) is 12.0. The van der Waals surface area contributed by atoms with Crippen molar-refractivity contribution in [2.75, 3.05) is 0 Å². The lowest BCUT2D eigenvalue weighted by atomic mass is 9.82. The van der Waals surface area contributed by atoms with Crippen molar-refractivity contribution in [1.29, 1.82) is 0 Å². The molecule has 97 valence electrons. The number of hydrogen-bond acceptors (Lipinski definition) is 0. The second-order valence-electron chi connectivity index (χ2n) is 5.99. The molecule has 0 aromatic heterocycles. The van der Waals surface area contributed by atoms with Crippen LogP contribution in [0.5, 0.6) is 0 Å². The molecule has 0 nitrogen and oxygen atoms in total. The fourth-order valence-corrected chi connectivity index (χ4v) is 2.29. The average Bonchev–Trinajstić information content (AvgIpc) is 2.23. The van der Waals surface area contributed by atoms with Crippen LogP contribution in [-0.2, 0) is 0 Å². The molecule has 0 atom stereocenters. The molecular weight excluding hydrogens is 192 g/mol. The van der Waals surface area contributed by atoms with Gasteiger partial charge in [-0.05, 0) is 18.3 Å².